The van der Waals surface area contributed by atoms with Crippen LogP contribution < -0.4 is 4.90 Å². The molecule has 0 aliphatic carbocycles. The first-order valence-electron chi connectivity index (χ1n) is 18.5. The number of para-hydroxylation sites is 3. The lowest BCUT2D eigenvalue weighted by molar-refractivity contribution is 0.669. The number of aromatic nitrogens is 3. The number of rotatable bonds is 6. The van der Waals surface area contributed by atoms with Crippen molar-refractivity contribution in [1.82, 2.24) is 15.0 Å². The van der Waals surface area contributed by atoms with Crippen LogP contribution in [0.1, 0.15) is 0 Å². The van der Waals surface area contributed by atoms with Crippen molar-refractivity contribution in [1.29, 1.82) is 0 Å². The Kier molecular flexibility index (Phi) is 7.10. The molecule has 0 saturated carbocycles. The monoisotopic (exact) mass is 704 g/mol. The second-order valence-corrected chi connectivity index (χ2v) is 13.8. The number of benzene rings is 9. The summed E-state index contributed by atoms with van der Waals surface area (Å²) in [5.74, 6) is 0. The normalized spacial score (nSPS) is 11.6. The molecule has 55 heavy (non-hydrogen) atoms. The van der Waals surface area contributed by atoms with E-state index in [-0.39, 0.29) is 0 Å². The van der Waals surface area contributed by atoms with Crippen molar-refractivity contribution in [3.8, 4) is 27.9 Å². The van der Waals surface area contributed by atoms with Gasteiger partial charge in [-0.1, -0.05) is 140 Å². The zero-order valence-electron chi connectivity index (χ0n) is 29.7. The van der Waals surface area contributed by atoms with Crippen molar-refractivity contribution in [3.63, 3.8) is 0 Å². The highest BCUT2D eigenvalue weighted by Gasteiger charge is 2.23. The van der Waals surface area contributed by atoms with Gasteiger partial charge in [-0.15, -0.1) is 10.2 Å². The molecule has 11 rings (SSSR count). The van der Waals surface area contributed by atoms with Gasteiger partial charge in [-0.05, 0) is 87.4 Å². The number of furan rings is 1. The van der Waals surface area contributed by atoms with Gasteiger partial charge in [-0.25, -0.2) is 0 Å². The second-order valence-electron chi connectivity index (χ2n) is 13.8. The Labute approximate surface area is 316 Å². The molecule has 0 aliphatic heterocycles. The van der Waals surface area contributed by atoms with Crippen molar-refractivity contribution in [2.24, 2.45) is 0 Å². The third kappa shape index (κ3) is 5.09. The molecule has 11 aromatic rings. The minimum absolute atomic E-state index is 0.844. The SMILES string of the molecule is c1ccc(-c2ccccc2-c2ccccc2N(c2ccc3ccc4ccc5nn(-c6ccccc6)nc5c4c3c2)c2cccc3oc4ccccc4c23)cc1. The van der Waals surface area contributed by atoms with Crippen LogP contribution in [0.5, 0.6) is 0 Å². The van der Waals surface area contributed by atoms with E-state index in [2.05, 4.69) is 157 Å². The van der Waals surface area contributed by atoms with E-state index in [0.29, 0.717) is 0 Å². The molecular formula is C50H32N4O. The molecule has 258 valence electrons. The van der Waals surface area contributed by atoms with Crippen LogP contribution in [-0.4, -0.2) is 15.0 Å². The Morgan fingerprint density at radius 1 is 0.436 bits per heavy atom. The molecule has 0 spiro atoms. The Morgan fingerprint density at radius 2 is 1.09 bits per heavy atom. The summed E-state index contributed by atoms with van der Waals surface area (Å²) < 4.78 is 6.48. The quantitative estimate of drug-likeness (QED) is 0.162. The van der Waals surface area contributed by atoms with E-state index in [1.54, 1.807) is 4.80 Å². The first-order valence-corrected chi connectivity index (χ1v) is 18.5. The molecule has 2 aromatic heterocycles. The second kappa shape index (κ2) is 12.6. The van der Waals surface area contributed by atoms with Gasteiger partial charge in [0.2, 0.25) is 0 Å². The average Bonchev–Trinajstić information content (AvgIpc) is 3.87. The summed E-state index contributed by atoms with van der Waals surface area (Å²) in [7, 11) is 0. The predicted molar refractivity (Wildman–Crippen MR) is 227 cm³/mol. The number of fused-ring (bicyclic) bond motifs is 8. The molecule has 5 nitrogen and oxygen atoms in total. The Morgan fingerprint density at radius 3 is 1.96 bits per heavy atom. The van der Waals surface area contributed by atoms with E-state index >= 15 is 0 Å². The van der Waals surface area contributed by atoms with Crippen molar-refractivity contribution in [2.75, 3.05) is 4.90 Å². The summed E-state index contributed by atoms with van der Waals surface area (Å²) in [6.07, 6.45) is 0. The molecule has 2 heterocycles. The summed E-state index contributed by atoms with van der Waals surface area (Å²) in [4.78, 5) is 4.14. The summed E-state index contributed by atoms with van der Waals surface area (Å²) >= 11 is 0. The van der Waals surface area contributed by atoms with Gasteiger partial charge in [0, 0.05) is 22.0 Å². The Hall–Kier alpha value is -7.50. The van der Waals surface area contributed by atoms with E-state index in [0.717, 1.165) is 88.4 Å². The summed E-state index contributed by atoms with van der Waals surface area (Å²) in [6.45, 7) is 0. The van der Waals surface area contributed by atoms with Crippen molar-refractivity contribution in [2.45, 2.75) is 0 Å². The zero-order chi connectivity index (χ0) is 36.3. The van der Waals surface area contributed by atoms with Gasteiger partial charge in [0.15, 0.2) is 0 Å². The predicted octanol–water partition coefficient (Wildman–Crippen LogP) is 13.4. The van der Waals surface area contributed by atoms with Gasteiger partial charge in [-0.2, -0.15) is 4.80 Å². The maximum absolute atomic E-state index is 6.48. The Bertz CT molecular complexity index is 3220. The maximum Gasteiger partial charge on any atom is 0.137 e. The zero-order valence-corrected chi connectivity index (χ0v) is 29.7. The smallest absolute Gasteiger partial charge is 0.137 e. The highest BCUT2D eigenvalue weighted by atomic mass is 16.3. The van der Waals surface area contributed by atoms with E-state index < -0.39 is 0 Å². The van der Waals surface area contributed by atoms with Crippen LogP contribution in [0.25, 0.3) is 82.5 Å². The lowest BCUT2D eigenvalue weighted by Gasteiger charge is -2.29. The molecule has 0 bridgehead atoms. The number of hydrogen-bond acceptors (Lipinski definition) is 4. The molecule has 5 heteroatoms. The van der Waals surface area contributed by atoms with Crippen LogP contribution in [0.2, 0.25) is 0 Å². The van der Waals surface area contributed by atoms with Gasteiger partial charge in [0.1, 0.15) is 22.2 Å². The fourth-order valence-electron chi connectivity index (χ4n) is 8.15. The van der Waals surface area contributed by atoms with E-state index in [9.17, 15) is 0 Å². The van der Waals surface area contributed by atoms with Gasteiger partial charge in [0.05, 0.1) is 22.4 Å². The fourth-order valence-corrected chi connectivity index (χ4v) is 8.15. The molecular weight excluding hydrogens is 673 g/mol. The average molecular weight is 705 g/mol. The standard InChI is InChI=1S/C50H32N4O/c1-3-14-33(15-4-1)38-18-7-8-19-39(38)40-20-9-11-22-44(40)53(45-23-13-25-47-49(45)41-21-10-12-24-46(41)55-47)37-30-28-34-26-27-35-29-31-43-50(48(35)42(34)32-37)52-54(51-43)36-16-5-2-6-17-36/h1-32H. The van der Waals surface area contributed by atoms with Crippen molar-refractivity contribution in [3.05, 3.63) is 194 Å². The molecule has 0 amide bonds. The first kappa shape index (κ1) is 31.1. The topological polar surface area (TPSA) is 47.1 Å². The van der Waals surface area contributed by atoms with Crippen LogP contribution in [-0.2, 0) is 0 Å². The molecule has 0 fully saturated rings. The minimum Gasteiger partial charge on any atom is -0.456 e. The summed E-state index contributed by atoms with van der Waals surface area (Å²) in [5.41, 5.74) is 12.1. The maximum atomic E-state index is 6.48. The lowest BCUT2D eigenvalue weighted by Crippen LogP contribution is -2.12. The van der Waals surface area contributed by atoms with Gasteiger partial charge < -0.3 is 9.32 Å². The molecule has 0 unspecified atom stereocenters. The van der Waals surface area contributed by atoms with Gasteiger partial charge in [-0.3, -0.25) is 0 Å². The first-order chi connectivity index (χ1) is 27.3. The highest BCUT2D eigenvalue weighted by Crippen LogP contribution is 2.48. The fraction of sp³-hybridized carbons (Fsp3) is 0. The summed E-state index contributed by atoms with van der Waals surface area (Å²) in [5, 5.41) is 16.6. The molecule has 0 saturated heterocycles. The van der Waals surface area contributed by atoms with Crippen LogP contribution in [0.4, 0.5) is 17.1 Å². The van der Waals surface area contributed by atoms with Crippen LogP contribution in [0.3, 0.4) is 0 Å². The largest absolute Gasteiger partial charge is 0.456 e. The molecule has 0 N–H and O–H groups in total. The van der Waals surface area contributed by atoms with E-state index in [4.69, 9.17) is 14.6 Å². The van der Waals surface area contributed by atoms with E-state index in [1.165, 1.54) is 11.1 Å². The third-order valence-electron chi connectivity index (χ3n) is 10.6. The highest BCUT2D eigenvalue weighted by molar-refractivity contribution is 6.20. The minimum atomic E-state index is 0.844. The molecule has 9 aromatic carbocycles. The van der Waals surface area contributed by atoms with Crippen LogP contribution in [0.15, 0.2) is 199 Å². The summed E-state index contributed by atoms with van der Waals surface area (Å²) in [6, 6.07) is 68.2. The number of anilines is 3. The Balaban J connectivity index is 1.21. The van der Waals surface area contributed by atoms with Gasteiger partial charge >= 0.3 is 0 Å². The van der Waals surface area contributed by atoms with Gasteiger partial charge in [0.25, 0.3) is 0 Å². The van der Waals surface area contributed by atoms with Crippen molar-refractivity contribution < 1.29 is 4.42 Å². The van der Waals surface area contributed by atoms with Crippen LogP contribution >= 0.6 is 0 Å². The molecule has 0 radical (unpaired) electrons. The molecule has 0 atom stereocenters. The van der Waals surface area contributed by atoms with E-state index in [1.807, 2.05) is 42.5 Å². The molecule has 0 aliphatic rings. The van der Waals surface area contributed by atoms with Crippen LogP contribution in [0, 0.1) is 0 Å². The third-order valence-corrected chi connectivity index (χ3v) is 10.6. The number of hydrogen-bond donors (Lipinski definition) is 0. The van der Waals surface area contributed by atoms with Crippen molar-refractivity contribution >= 4 is 71.6 Å². The number of nitrogens with zero attached hydrogens (tertiary/aromatic N) is 4. The lowest BCUT2D eigenvalue weighted by atomic mass is 9.92.